The second-order valence-electron chi connectivity index (χ2n) is 5.67. The molecule has 24 heavy (non-hydrogen) atoms. The van der Waals surface area contributed by atoms with Gasteiger partial charge in [0.15, 0.2) is 0 Å². The molecule has 0 aliphatic rings. The van der Waals surface area contributed by atoms with Crippen LogP contribution in [0.3, 0.4) is 0 Å². The molecule has 0 unspecified atom stereocenters. The number of hydrogen-bond acceptors (Lipinski definition) is 3. The Morgan fingerprint density at radius 1 is 1.00 bits per heavy atom. The Hall–Kier alpha value is -2.18. The number of anilines is 1. The number of benzene rings is 2. The van der Waals surface area contributed by atoms with Crippen LogP contribution in [0.1, 0.15) is 16.7 Å². The van der Waals surface area contributed by atoms with Crippen LogP contribution in [-0.2, 0) is 21.2 Å². The molecule has 0 bridgehead atoms. The topological polar surface area (TPSA) is 75.3 Å². The highest BCUT2D eigenvalue weighted by atomic mass is 32.2. The largest absolute Gasteiger partial charge is 0.325 e. The summed E-state index contributed by atoms with van der Waals surface area (Å²) >= 11 is 0. The van der Waals surface area contributed by atoms with Crippen LogP contribution in [0, 0.1) is 13.8 Å². The number of hydrogen-bond donors (Lipinski definition) is 2. The van der Waals surface area contributed by atoms with Gasteiger partial charge in [0.05, 0.1) is 12.3 Å². The van der Waals surface area contributed by atoms with Gasteiger partial charge in [-0.25, -0.2) is 13.1 Å². The molecule has 5 nitrogen and oxygen atoms in total. The van der Waals surface area contributed by atoms with Gasteiger partial charge >= 0.3 is 0 Å². The smallest absolute Gasteiger partial charge is 0.239 e. The van der Waals surface area contributed by atoms with Crippen molar-refractivity contribution in [3.63, 3.8) is 0 Å². The highest BCUT2D eigenvalue weighted by molar-refractivity contribution is 7.89. The lowest BCUT2D eigenvalue weighted by Gasteiger charge is -2.11. The quantitative estimate of drug-likeness (QED) is 0.808. The molecule has 0 atom stereocenters. The van der Waals surface area contributed by atoms with E-state index < -0.39 is 10.0 Å². The number of rotatable bonds is 7. The lowest BCUT2D eigenvalue weighted by Crippen LogP contribution is -2.34. The van der Waals surface area contributed by atoms with E-state index in [4.69, 9.17) is 0 Å². The molecule has 0 aromatic heterocycles. The van der Waals surface area contributed by atoms with Crippen molar-refractivity contribution in [1.29, 1.82) is 0 Å². The summed E-state index contributed by atoms with van der Waals surface area (Å²) in [4.78, 5) is 12.0. The number of amides is 1. The van der Waals surface area contributed by atoms with Gasteiger partial charge in [0, 0.05) is 5.69 Å². The average Bonchev–Trinajstić information content (AvgIpc) is 2.57. The molecular formula is C18H22N2O3S. The van der Waals surface area contributed by atoms with Crippen LogP contribution >= 0.6 is 0 Å². The summed E-state index contributed by atoms with van der Waals surface area (Å²) in [6, 6.07) is 15.0. The van der Waals surface area contributed by atoms with Crippen molar-refractivity contribution < 1.29 is 13.2 Å². The Bertz CT molecular complexity index is 802. The molecule has 2 aromatic carbocycles. The maximum absolute atomic E-state index is 12.0. The standard InChI is InChI=1S/C18H22N2O3S/c1-14-7-6-10-17(15(14)2)20-18(21)13-19-24(22,23)12-11-16-8-4-3-5-9-16/h3-10,19H,11-13H2,1-2H3,(H,20,21). The van der Waals surface area contributed by atoms with Crippen molar-refractivity contribution in [1.82, 2.24) is 4.72 Å². The second-order valence-corrected chi connectivity index (χ2v) is 7.60. The Morgan fingerprint density at radius 2 is 1.71 bits per heavy atom. The lowest BCUT2D eigenvalue weighted by molar-refractivity contribution is -0.115. The van der Waals surface area contributed by atoms with E-state index in [2.05, 4.69) is 10.0 Å². The molecule has 0 saturated carbocycles. The number of nitrogens with one attached hydrogen (secondary N) is 2. The number of carbonyl (C=O) groups is 1. The summed E-state index contributed by atoms with van der Waals surface area (Å²) in [6.45, 7) is 3.59. The van der Waals surface area contributed by atoms with Crippen molar-refractivity contribution in [2.24, 2.45) is 0 Å². The van der Waals surface area contributed by atoms with E-state index in [-0.39, 0.29) is 18.2 Å². The Morgan fingerprint density at radius 3 is 2.42 bits per heavy atom. The fourth-order valence-corrected chi connectivity index (χ4v) is 3.23. The predicted octanol–water partition coefficient (Wildman–Crippen LogP) is 2.40. The van der Waals surface area contributed by atoms with Crippen LogP contribution in [0.5, 0.6) is 0 Å². The van der Waals surface area contributed by atoms with Crippen molar-refractivity contribution in [2.75, 3.05) is 17.6 Å². The molecule has 2 N–H and O–H groups in total. The minimum Gasteiger partial charge on any atom is -0.325 e. The molecule has 0 heterocycles. The highest BCUT2D eigenvalue weighted by Crippen LogP contribution is 2.17. The third-order valence-corrected chi connectivity index (χ3v) is 5.16. The van der Waals surface area contributed by atoms with E-state index in [1.165, 1.54) is 0 Å². The first-order valence-corrected chi connectivity index (χ1v) is 9.40. The van der Waals surface area contributed by atoms with Gasteiger partial charge < -0.3 is 5.32 Å². The molecule has 0 saturated heterocycles. The van der Waals surface area contributed by atoms with Crippen LogP contribution in [0.15, 0.2) is 48.5 Å². The molecule has 1 amide bonds. The molecule has 2 aromatic rings. The maximum atomic E-state index is 12.0. The van der Waals surface area contributed by atoms with Crippen molar-refractivity contribution in [3.8, 4) is 0 Å². The lowest BCUT2D eigenvalue weighted by atomic mass is 10.1. The van der Waals surface area contributed by atoms with Crippen molar-refractivity contribution >= 4 is 21.6 Å². The Balaban J connectivity index is 1.85. The molecule has 0 spiro atoms. The van der Waals surface area contributed by atoms with E-state index in [1.807, 2.05) is 56.3 Å². The summed E-state index contributed by atoms with van der Waals surface area (Å²) in [5, 5.41) is 2.73. The normalized spacial score (nSPS) is 11.2. The van der Waals surface area contributed by atoms with Gasteiger partial charge in [-0.3, -0.25) is 4.79 Å². The van der Waals surface area contributed by atoms with Gasteiger partial charge in [0.2, 0.25) is 15.9 Å². The van der Waals surface area contributed by atoms with Crippen molar-refractivity contribution in [2.45, 2.75) is 20.3 Å². The van der Waals surface area contributed by atoms with E-state index in [0.29, 0.717) is 12.1 Å². The van der Waals surface area contributed by atoms with Crippen LogP contribution in [0.2, 0.25) is 0 Å². The Kier molecular flexibility index (Phi) is 6.11. The summed E-state index contributed by atoms with van der Waals surface area (Å²) in [7, 11) is -3.50. The van der Waals surface area contributed by atoms with Crippen LogP contribution in [0.25, 0.3) is 0 Å². The molecule has 0 aliphatic heterocycles. The Labute approximate surface area is 143 Å². The SMILES string of the molecule is Cc1cccc(NC(=O)CNS(=O)(=O)CCc2ccccc2)c1C. The third-order valence-electron chi connectivity index (χ3n) is 3.83. The monoisotopic (exact) mass is 346 g/mol. The highest BCUT2D eigenvalue weighted by Gasteiger charge is 2.13. The van der Waals surface area contributed by atoms with Crippen molar-refractivity contribution in [3.05, 3.63) is 65.2 Å². The van der Waals surface area contributed by atoms with Crippen LogP contribution < -0.4 is 10.0 Å². The van der Waals surface area contributed by atoms with E-state index >= 15 is 0 Å². The summed E-state index contributed by atoms with van der Waals surface area (Å²) in [5.74, 6) is -0.430. The molecule has 0 fully saturated rings. The van der Waals surface area contributed by atoms with Gasteiger partial charge in [-0.1, -0.05) is 42.5 Å². The summed E-state index contributed by atoms with van der Waals surface area (Å²) in [5.41, 5.74) is 3.68. The predicted molar refractivity (Wildman–Crippen MR) is 96.5 cm³/mol. The fourth-order valence-electron chi connectivity index (χ4n) is 2.23. The van der Waals surface area contributed by atoms with E-state index in [1.54, 1.807) is 6.07 Å². The summed E-state index contributed by atoms with van der Waals surface area (Å²) in [6.07, 6.45) is 0.411. The van der Waals surface area contributed by atoms with Gasteiger partial charge in [0.1, 0.15) is 0 Å². The maximum Gasteiger partial charge on any atom is 0.239 e. The first-order chi connectivity index (χ1) is 11.4. The van der Waals surface area contributed by atoms with E-state index in [9.17, 15) is 13.2 Å². The molecule has 128 valence electrons. The van der Waals surface area contributed by atoms with Crippen LogP contribution in [-0.4, -0.2) is 26.6 Å². The zero-order valence-electron chi connectivity index (χ0n) is 13.9. The van der Waals surface area contributed by atoms with Gasteiger partial charge in [-0.15, -0.1) is 0 Å². The fraction of sp³-hybridized carbons (Fsp3) is 0.278. The van der Waals surface area contributed by atoms with Gasteiger partial charge in [-0.2, -0.15) is 0 Å². The molecule has 2 rings (SSSR count). The molecule has 0 aliphatic carbocycles. The van der Waals surface area contributed by atoms with Crippen LogP contribution in [0.4, 0.5) is 5.69 Å². The van der Waals surface area contributed by atoms with Gasteiger partial charge in [0.25, 0.3) is 0 Å². The van der Waals surface area contributed by atoms with E-state index in [0.717, 1.165) is 16.7 Å². The second kappa shape index (κ2) is 8.08. The minimum absolute atomic E-state index is 0.0479. The minimum atomic E-state index is -3.50. The number of aryl methyl sites for hydroxylation is 2. The molecule has 0 radical (unpaired) electrons. The first-order valence-electron chi connectivity index (χ1n) is 7.75. The summed E-state index contributed by atoms with van der Waals surface area (Å²) < 4.78 is 26.3. The third kappa shape index (κ3) is 5.47. The average molecular weight is 346 g/mol. The first kappa shape index (κ1) is 18.2. The zero-order chi connectivity index (χ0) is 17.6. The zero-order valence-corrected chi connectivity index (χ0v) is 14.7. The molecule has 6 heteroatoms. The molecular weight excluding hydrogens is 324 g/mol. The van der Waals surface area contributed by atoms with Gasteiger partial charge in [-0.05, 0) is 43.0 Å². The number of sulfonamides is 1. The number of carbonyl (C=O) groups excluding carboxylic acids is 1.